The molecule has 5 aromatic rings. The largest absolute Gasteiger partial charge is 0.497 e. The smallest absolute Gasteiger partial charge is 0.355 e. The maximum absolute atomic E-state index is 12.1. The van der Waals surface area contributed by atoms with E-state index in [0.29, 0.717) is 10.9 Å². The molecule has 5 rings (SSSR count). The molecule has 0 spiro atoms. The maximum Gasteiger partial charge on any atom is 0.355 e. The number of anilines is 5. The number of hydrazine groups is 1. The van der Waals surface area contributed by atoms with E-state index in [1.165, 1.54) is 17.7 Å². The van der Waals surface area contributed by atoms with Crippen molar-refractivity contribution < 1.29 is 9.66 Å². The zero-order chi connectivity index (χ0) is 24.2. The van der Waals surface area contributed by atoms with Gasteiger partial charge in [0.25, 0.3) is 0 Å². The molecule has 35 heavy (non-hydrogen) atoms. The van der Waals surface area contributed by atoms with E-state index in [2.05, 4.69) is 25.7 Å². The highest BCUT2D eigenvalue weighted by Crippen LogP contribution is 2.36. The van der Waals surface area contributed by atoms with Gasteiger partial charge in [0.15, 0.2) is 5.13 Å². The quantitative estimate of drug-likeness (QED) is 0.204. The number of aromatic nitrogens is 3. The van der Waals surface area contributed by atoms with Crippen molar-refractivity contribution in [1.29, 1.82) is 0 Å². The molecule has 0 bridgehead atoms. The van der Waals surface area contributed by atoms with E-state index in [9.17, 15) is 10.1 Å². The van der Waals surface area contributed by atoms with Crippen LogP contribution in [-0.4, -0.2) is 27.0 Å². The lowest BCUT2D eigenvalue weighted by atomic mass is 10.2. The molecular formula is C24H19N7O3S. The van der Waals surface area contributed by atoms with E-state index < -0.39 is 4.92 Å². The monoisotopic (exact) mass is 485 g/mol. The minimum atomic E-state index is -0.519. The summed E-state index contributed by atoms with van der Waals surface area (Å²) < 4.78 is 6.14. The molecule has 2 aromatic heterocycles. The number of thiazole rings is 1. The van der Waals surface area contributed by atoms with Crippen LogP contribution in [0.15, 0.2) is 85.2 Å². The van der Waals surface area contributed by atoms with Gasteiger partial charge in [-0.05, 0) is 42.5 Å². The number of nitrogens with zero attached hydrogens (tertiary/aromatic N) is 5. The molecule has 0 fully saturated rings. The summed E-state index contributed by atoms with van der Waals surface area (Å²) >= 11 is 1.34. The van der Waals surface area contributed by atoms with Crippen molar-refractivity contribution in [2.45, 2.75) is 0 Å². The second kappa shape index (κ2) is 9.61. The number of ether oxygens (including phenoxy) is 1. The van der Waals surface area contributed by atoms with E-state index in [4.69, 9.17) is 4.74 Å². The summed E-state index contributed by atoms with van der Waals surface area (Å²) in [5.74, 6) is 0.761. The summed E-state index contributed by atoms with van der Waals surface area (Å²) in [6.45, 7) is 0. The molecule has 2 heterocycles. The van der Waals surface area contributed by atoms with Crippen LogP contribution in [0.2, 0.25) is 0 Å². The van der Waals surface area contributed by atoms with Crippen molar-refractivity contribution in [1.82, 2.24) is 15.0 Å². The molecule has 10 nitrogen and oxygen atoms in total. The van der Waals surface area contributed by atoms with Crippen LogP contribution in [0.25, 0.3) is 10.2 Å². The number of methoxy groups -OCH3 is 1. The molecule has 0 aliphatic heterocycles. The third kappa shape index (κ3) is 4.66. The minimum absolute atomic E-state index is 0.0274. The van der Waals surface area contributed by atoms with Gasteiger partial charge in [0.1, 0.15) is 12.1 Å². The number of fused-ring (bicyclic) bond motifs is 1. The van der Waals surface area contributed by atoms with Gasteiger partial charge in [-0.3, -0.25) is 20.5 Å². The van der Waals surface area contributed by atoms with Crippen LogP contribution in [0.5, 0.6) is 5.75 Å². The minimum Gasteiger partial charge on any atom is -0.497 e. The van der Waals surface area contributed by atoms with Gasteiger partial charge in [0, 0.05) is 0 Å². The topological polar surface area (TPSA) is 118 Å². The Hall–Kier alpha value is -4.77. The van der Waals surface area contributed by atoms with Crippen LogP contribution >= 0.6 is 11.3 Å². The van der Waals surface area contributed by atoms with Crippen molar-refractivity contribution in [2.75, 3.05) is 22.9 Å². The Balaban J connectivity index is 1.52. The number of nitrogens with one attached hydrogen (secondary N) is 2. The summed E-state index contributed by atoms with van der Waals surface area (Å²) in [5, 5.41) is 17.3. The molecular weight excluding hydrogens is 466 g/mol. The third-order valence-electron chi connectivity index (χ3n) is 5.07. The van der Waals surface area contributed by atoms with Crippen LogP contribution < -0.4 is 20.5 Å². The summed E-state index contributed by atoms with van der Waals surface area (Å²) in [7, 11) is 1.59. The van der Waals surface area contributed by atoms with Crippen LogP contribution in [0.1, 0.15) is 0 Å². The normalized spacial score (nSPS) is 10.7. The van der Waals surface area contributed by atoms with E-state index in [1.807, 2.05) is 78.9 Å². The molecule has 0 amide bonds. The summed E-state index contributed by atoms with van der Waals surface area (Å²) in [4.78, 5) is 24.4. The lowest BCUT2D eigenvalue weighted by Crippen LogP contribution is -2.25. The highest BCUT2D eigenvalue weighted by Gasteiger charge is 2.26. The first-order valence-electron chi connectivity index (χ1n) is 10.5. The van der Waals surface area contributed by atoms with Gasteiger partial charge in [0.2, 0.25) is 11.6 Å². The average Bonchev–Trinajstić information content (AvgIpc) is 3.29. The first-order chi connectivity index (χ1) is 17.1. The van der Waals surface area contributed by atoms with E-state index in [1.54, 1.807) is 12.1 Å². The maximum atomic E-state index is 12.1. The molecule has 0 radical (unpaired) electrons. The SMILES string of the molecule is COc1ccc2nc(Nc3ncnc(NN(c4ccccc4)c4ccccc4)c3[N+](=O)[O-])sc2c1. The number of nitro groups is 1. The molecule has 0 aliphatic carbocycles. The second-order valence-corrected chi connectivity index (χ2v) is 8.30. The molecule has 0 unspecified atom stereocenters. The molecule has 0 aliphatic rings. The lowest BCUT2D eigenvalue weighted by molar-refractivity contribution is -0.383. The molecule has 0 saturated carbocycles. The van der Waals surface area contributed by atoms with Crippen molar-refractivity contribution in [3.8, 4) is 5.75 Å². The van der Waals surface area contributed by atoms with Gasteiger partial charge in [0.05, 0.1) is 33.6 Å². The van der Waals surface area contributed by atoms with Crippen molar-refractivity contribution in [3.05, 3.63) is 95.3 Å². The fourth-order valence-corrected chi connectivity index (χ4v) is 4.34. The highest BCUT2D eigenvalue weighted by atomic mass is 32.1. The van der Waals surface area contributed by atoms with Gasteiger partial charge in [-0.15, -0.1) is 0 Å². The first-order valence-corrected chi connectivity index (χ1v) is 11.3. The Kier molecular flexibility index (Phi) is 6.05. The Bertz CT molecular complexity index is 1440. The van der Waals surface area contributed by atoms with Gasteiger partial charge < -0.3 is 10.1 Å². The van der Waals surface area contributed by atoms with Crippen molar-refractivity contribution in [2.24, 2.45) is 0 Å². The van der Waals surface area contributed by atoms with Crippen LogP contribution in [0.4, 0.5) is 33.8 Å². The summed E-state index contributed by atoms with van der Waals surface area (Å²) in [6, 6.07) is 24.4. The predicted molar refractivity (Wildman–Crippen MR) is 137 cm³/mol. The van der Waals surface area contributed by atoms with Gasteiger partial charge in [-0.1, -0.05) is 47.7 Å². The van der Waals surface area contributed by atoms with Crippen LogP contribution in [-0.2, 0) is 0 Å². The van der Waals surface area contributed by atoms with Crippen LogP contribution in [0.3, 0.4) is 0 Å². The Morgan fingerprint density at radius 2 is 1.60 bits per heavy atom. The number of rotatable bonds is 8. The van der Waals surface area contributed by atoms with Gasteiger partial charge in [-0.2, -0.15) is 0 Å². The predicted octanol–water partition coefficient (Wildman–Crippen LogP) is 5.91. The molecule has 2 N–H and O–H groups in total. The van der Waals surface area contributed by atoms with E-state index >= 15 is 0 Å². The number of benzene rings is 3. The van der Waals surface area contributed by atoms with Gasteiger partial charge in [-0.25, -0.2) is 15.0 Å². The number of hydrogen-bond acceptors (Lipinski definition) is 10. The molecule has 11 heteroatoms. The molecule has 3 aromatic carbocycles. The van der Waals surface area contributed by atoms with Gasteiger partial charge >= 0.3 is 5.69 Å². The summed E-state index contributed by atoms with van der Waals surface area (Å²) in [5.41, 5.74) is 5.09. The average molecular weight is 486 g/mol. The fourth-order valence-electron chi connectivity index (χ4n) is 3.45. The summed E-state index contributed by atoms with van der Waals surface area (Å²) in [6.07, 6.45) is 1.27. The first kappa shape index (κ1) is 22.0. The number of para-hydroxylation sites is 2. The number of hydrogen-bond donors (Lipinski definition) is 2. The standard InChI is InChI=1S/C24H19N7O3S/c1-34-18-12-13-19-20(14-18)35-24(27-19)28-22-21(31(32)33)23(26-15-25-22)29-30(16-8-4-2-5-9-16)17-10-6-3-7-11-17/h2-15H,1H3,(H2,25,26,27,28,29). The third-order valence-corrected chi connectivity index (χ3v) is 6.01. The lowest BCUT2D eigenvalue weighted by Gasteiger charge is -2.25. The second-order valence-electron chi connectivity index (χ2n) is 7.27. The molecule has 0 saturated heterocycles. The highest BCUT2D eigenvalue weighted by molar-refractivity contribution is 7.22. The zero-order valence-corrected chi connectivity index (χ0v) is 19.3. The molecule has 0 atom stereocenters. The Morgan fingerprint density at radius 3 is 2.23 bits per heavy atom. The molecule has 174 valence electrons. The van der Waals surface area contributed by atoms with E-state index in [-0.39, 0.29) is 17.3 Å². The van der Waals surface area contributed by atoms with Crippen molar-refractivity contribution in [3.63, 3.8) is 0 Å². The zero-order valence-electron chi connectivity index (χ0n) is 18.5. The Labute approximate surface area is 204 Å². The van der Waals surface area contributed by atoms with Crippen molar-refractivity contribution >= 4 is 55.4 Å². The van der Waals surface area contributed by atoms with E-state index in [0.717, 1.165) is 21.6 Å². The fraction of sp³-hybridized carbons (Fsp3) is 0.0417. The van der Waals surface area contributed by atoms with Crippen LogP contribution in [0, 0.1) is 10.1 Å². The Morgan fingerprint density at radius 1 is 0.943 bits per heavy atom.